The Hall–Kier alpha value is -0.650. The van der Waals surface area contributed by atoms with Crippen molar-refractivity contribution in [2.45, 2.75) is 57.2 Å². The van der Waals surface area contributed by atoms with Gasteiger partial charge in [-0.2, -0.15) is 0 Å². The van der Waals surface area contributed by atoms with Crippen LogP contribution in [-0.2, 0) is 9.53 Å². The Balaban J connectivity index is 1.82. The fraction of sp³-hybridized carbons (Fsp3) is 0.933. The van der Waals surface area contributed by atoms with Crippen LogP contribution in [0.1, 0.15) is 45.4 Å². The Kier molecular flexibility index (Phi) is 5.41. The van der Waals surface area contributed by atoms with Gasteiger partial charge in [-0.3, -0.25) is 9.69 Å². The second-order valence-electron chi connectivity index (χ2n) is 6.30. The van der Waals surface area contributed by atoms with Crippen molar-refractivity contribution in [3.05, 3.63) is 0 Å². The second-order valence-corrected chi connectivity index (χ2v) is 6.30. The summed E-state index contributed by atoms with van der Waals surface area (Å²) in [7, 11) is 0. The number of likely N-dealkylation sites (N-methyl/N-ethyl adjacent to an activating group) is 1. The number of rotatable bonds is 6. The van der Waals surface area contributed by atoms with Crippen molar-refractivity contribution in [1.82, 2.24) is 4.90 Å². The van der Waals surface area contributed by atoms with Crippen LogP contribution in [0.15, 0.2) is 0 Å². The predicted molar refractivity (Wildman–Crippen MR) is 75.6 cm³/mol. The highest BCUT2D eigenvalue weighted by atomic mass is 16.5. The van der Waals surface area contributed by atoms with E-state index in [1.54, 1.807) is 0 Å². The summed E-state index contributed by atoms with van der Waals surface area (Å²) in [6, 6.07) is 0. The Morgan fingerprint density at radius 1 is 1.35 bits per heavy atom. The topological polar surface area (TPSA) is 70.0 Å². The molecule has 2 rings (SSSR count). The maximum atomic E-state index is 11.0. The normalized spacial score (nSPS) is 34.5. The smallest absolute Gasteiger partial charge is 0.306 e. The first kappa shape index (κ1) is 15.7. The zero-order valence-corrected chi connectivity index (χ0v) is 12.4. The van der Waals surface area contributed by atoms with Crippen molar-refractivity contribution < 1.29 is 19.7 Å². The number of aliphatic hydroxyl groups is 1. The number of carbonyl (C=O) groups is 1. The molecule has 0 aromatic carbocycles. The summed E-state index contributed by atoms with van der Waals surface area (Å²) in [5, 5.41) is 19.7. The summed E-state index contributed by atoms with van der Waals surface area (Å²) in [6.07, 6.45) is 4.89. The Labute approximate surface area is 120 Å². The molecule has 1 aliphatic heterocycles. The summed E-state index contributed by atoms with van der Waals surface area (Å²) in [6.45, 7) is 5.36. The molecule has 0 amide bonds. The molecule has 0 aromatic rings. The number of ether oxygens (including phenoxy) is 1. The van der Waals surface area contributed by atoms with E-state index in [9.17, 15) is 9.90 Å². The van der Waals surface area contributed by atoms with Gasteiger partial charge in [-0.1, -0.05) is 6.92 Å². The summed E-state index contributed by atoms with van der Waals surface area (Å²) in [4.78, 5) is 13.2. The molecule has 2 fully saturated rings. The van der Waals surface area contributed by atoms with Crippen LogP contribution in [0.25, 0.3) is 0 Å². The first-order valence-electron chi connectivity index (χ1n) is 7.81. The van der Waals surface area contributed by atoms with Gasteiger partial charge in [-0.25, -0.2) is 0 Å². The molecule has 0 spiro atoms. The van der Waals surface area contributed by atoms with E-state index in [-0.39, 0.29) is 5.92 Å². The SMILES string of the molecule is CCN(CC1CCCO1)CC1(O)CCC(C(=O)O)CC1. The molecule has 5 heteroatoms. The molecule has 0 bridgehead atoms. The van der Waals surface area contributed by atoms with E-state index in [4.69, 9.17) is 9.84 Å². The quantitative estimate of drug-likeness (QED) is 0.774. The van der Waals surface area contributed by atoms with Gasteiger partial charge in [0.1, 0.15) is 0 Å². The average Bonchev–Trinajstić information content (AvgIpc) is 2.91. The lowest BCUT2D eigenvalue weighted by Crippen LogP contribution is -2.48. The Morgan fingerprint density at radius 2 is 2.05 bits per heavy atom. The molecule has 116 valence electrons. The molecule has 2 aliphatic rings. The van der Waals surface area contributed by atoms with E-state index in [1.165, 1.54) is 0 Å². The van der Waals surface area contributed by atoms with Gasteiger partial charge in [0, 0.05) is 19.7 Å². The van der Waals surface area contributed by atoms with E-state index in [0.717, 1.165) is 32.5 Å². The van der Waals surface area contributed by atoms with Crippen LogP contribution in [-0.4, -0.2) is 59.0 Å². The van der Waals surface area contributed by atoms with Gasteiger partial charge in [-0.05, 0) is 45.1 Å². The monoisotopic (exact) mass is 285 g/mol. The molecule has 1 saturated heterocycles. The van der Waals surface area contributed by atoms with Crippen LogP contribution in [0.5, 0.6) is 0 Å². The van der Waals surface area contributed by atoms with Crippen LogP contribution in [0.4, 0.5) is 0 Å². The van der Waals surface area contributed by atoms with Crippen molar-refractivity contribution in [2.75, 3.05) is 26.2 Å². The van der Waals surface area contributed by atoms with Crippen molar-refractivity contribution >= 4 is 5.97 Å². The van der Waals surface area contributed by atoms with Crippen LogP contribution in [0.2, 0.25) is 0 Å². The minimum Gasteiger partial charge on any atom is -0.481 e. The molecule has 20 heavy (non-hydrogen) atoms. The van der Waals surface area contributed by atoms with E-state index >= 15 is 0 Å². The number of carboxylic acid groups (broad SMARTS) is 1. The van der Waals surface area contributed by atoms with Gasteiger partial charge in [0.2, 0.25) is 0 Å². The second kappa shape index (κ2) is 6.87. The fourth-order valence-corrected chi connectivity index (χ4v) is 3.36. The van der Waals surface area contributed by atoms with Crippen LogP contribution < -0.4 is 0 Å². The largest absolute Gasteiger partial charge is 0.481 e. The van der Waals surface area contributed by atoms with Gasteiger partial charge >= 0.3 is 5.97 Å². The van der Waals surface area contributed by atoms with Gasteiger partial charge in [0.05, 0.1) is 17.6 Å². The van der Waals surface area contributed by atoms with Crippen molar-refractivity contribution in [2.24, 2.45) is 5.92 Å². The molecule has 1 atom stereocenters. The third kappa shape index (κ3) is 4.17. The van der Waals surface area contributed by atoms with Crippen molar-refractivity contribution in [1.29, 1.82) is 0 Å². The molecular weight excluding hydrogens is 258 g/mol. The number of hydrogen-bond donors (Lipinski definition) is 2. The Morgan fingerprint density at radius 3 is 2.55 bits per heavy atom. The molecule has 1 aliphatic carbocycles. The molecule has 1 saturated carbocycles. The summed E-state index contributed by atoms with van der Waals surface area (Å²) in [5.74, 6) is -0.998. The zero-order valence-electron chi connectivity index (χ0n) is 12.4. The summed E-state index contributed by atoms with van der Waals surface area (Å²) >= 11 is 0. The van der Waals surface area contributed by atoms with E-state index in [2.05, 4.69) is 11.8 Å². The molecule has 0 aromatic heterocycles. The highest BCUT2D eigenvalue weighted by Crippen LogP contribution is 2.33. The molecular formula is C15H27NO4. The van der Waals surface area contributed by atoms with Crippen LogP contribution in [0, 0.1) is 5.92 Å². The van der Waals surface area contributed by atoms with E-state index < -0.39 is 11.6 Å². The zero-order chi connectivity index (χ0) is 14.6. The maximum absolute atomic E-state index is 11.0. The predicted octanol–water partition coefficient (Wildman–Crippen LogP) is 1.49. The van der Waals surface area contributed by atoms with E-state index in [0.29, 0.717) is 38.3 Å². The number of aliphatic carboxylic acids is 1. The highest BCUT2D eigenvalue weighted by molar-refractivity contribution is 5.70. The Bertz CT molecular complexity index is 320. The third-order valence-corrected chi connectivity index (χ3v) is 4.72. The minimum atomic E-state index is -0.723. The highest BCUT2D eigenvalue weighted by Gasteiger charge is 2.37. The number of nitrogens with zero attached hydrogens (tertiary/aromatic N) is 1. The lowest BCUT2D eigenvalue weighted by Gasteiger charge is -2.39. The fourth-order valence-electron chi connectivity index (χ4n) is 3.36. The molecule has 1 unspecified atom stereocenters. The van der Waals surface area contributed by atoms with Gasteiger partial charge < -0.3 is 14.9 Å². The first-order chi connectivity index (χ1) is 9.52. The molecule has 1 heterocycles. The summed E-state index contributed by atoms with van der Waals surface area (Å²) in [5.41, 5.74) is -0.722. The molecule has 2 N–H and O–H groups in total. The van der Waals surface area contributed by atoms with Gasteiger partial charge in [0.25, 0.3) is 0 Å². The minimum absolute atomic E-state index is 0.275. The van der Waals surface area contributed by atoms with Crippen molar-refractivity contribution in [3.8, 4) is 0 Å². The number of hydrogen-bond acceptors (Lipinski definition) is 4. The molecule has 5 nitrogen and oxygen atoms in total. The molecule has 0 radical (unpaired) electrons. The van der Waals surface area contributed by atoms with Gasteiger partial charge in [-0.15, -0.1) is 0 Å². The van der Waals surface area contributed by atoms with Gasteiger partial charge in [0.15, 0.2) is 0 Å². The van der Waals surface area contributed by atoms with Crippen molar-refractivity contribution in [3.63, 3.8) is 0 Å². The third-order valence-electron chi connectivity index (χ3n) is 4.72. The number of carboxylic acids is 1. The first-order valence-corrected chi connectivity index (χ1v) is 7.81. The average molecular weight is 285 g/mol. The lowest BCUT2D eigenvalue weighted by molar-refractivity contribution is -0.145. The standard InChI is InChI=1S/C15H27NO4/c1-2-16(10-13-4-3-9-20-13)11-15(19)7-5-12(6-8-15)14(17)18/h12-13,19H,2-11H2,1H3,(H,17,18). The van der Waals surface area contributed by atoms with Crippen LogP contribution in [0.3, 0.4) is 0 Å². The maximum Gasteiger partial charge on any atom is 0.306 e. The van der Waals surface area contributed by atoms with E-state index in [1.807, 2.05) is 0 Å². The summed E-state index contributed by atoms with van der Waals surface area (Å²) < 4.78 is 5.65. The lowest BCUT2D eigenvalue weighted by atomic mass is 9.78. The van der Waals surface area contributed by atoms with Crippen LogP contribution >= 0.6 is 0 Å².